The zero-order valence-corrected chi connectivity index (χ0v) is 17.1. The van der Waals surface area contributed by atoms with Crippen molar-refractivity contribution in [3.8, 4) is 0 Å². The van der Waals surface area contributed by atoms with Gasteiger partial charge in [0.2, 0.25) is 5.91 Å². The van der Waals surface area contributed by atoms with Gasteiger partial charge in [-0.05, 0) is 49.5 Å². The summed E-state index contributed by atoms with van der Waals surface area (Å²) in [6.45, 7) is 3.24. The summed E-state index contributed by atoms with van der Waals surface area (Å²) < 4.78 is 1.85. The van der Waals surface area contributed by atoms with Crippen LogP contribution in [0.1, 0.15) is 28.8 Å². The average molecular weight is 409 g/mol. The number of amides is 2. The molecule has 0 aliphatic rings. The lowest BCUT2D eigenvalue weighted by molar-refractivity contribution is -0.123. The summed E-state index contributed by atoms with van der Waals surface area (Å²) in [7, 11) is 0. The van der Waals surface area contributed by atoms with Crippen LogP contribution in [0.2, 0.25) is 5.02 Å². The molecular weight excluding hydrogens is 384 g/mol. The maximum Gasteiger partial charge on any atom is 0.253 e. The Labute approximate surface area is 169 Å². The van der Waals surface area contributed by atoms with Crippen molar-refractivity contribution in [3.05, 3.63) is 52.8 Å². The predicted octanol–water partition coefficient (Wildman–Crippen LogP) is 2.90. The molecule has 6 nitrogen and oxygen atoms in total. The number of carbonyl (C=O) groups excluding carboxylic acids is 2. The highest BCUT2D eigenvalue weighted by Crippen LogP contribution is 2.15. The van der Waals surface area contributed by atoms with E-state index in [0.717, 1.165) is 24.3 Å². The molecule has 0 saturated carbocycles. The van der Waals surface area contributed by atoms with Crippen molar-refractivity contribution >= 4 is 35.2 Å². The minimum atomic E-state index is -0.590. The Kier molecular flexibility index (Phi) is 8.67. The SMILES string of the molecule is CSCCC(NC(=O)c1ccccc1Cl)C(=O)NCCCn1cc(C)cn1. The van der Waals surface area contributed by atoms with E-state index in [1.807, 2.05) is 24.1 Å². The number of hydrogen-bond acceptors (Lipinski definition) is 4. The van der Waals surface area contributed by atoms with Crippen LogP contribution in [0.4, 0.5) is 0 Å². The summed E-state index contributed by atoms with van der Waals surface area (Å²) >= 11 is 7.71. The Morgan fingerprint density at radius 2 is 2.11 bits per heavy atom. The third-order valence-electron chi connectivity index (χ3n) is 3.98. The molecule has 1 aromatic carbocycles. The lowest BCUT2D eigenvalue weighted by Gasteiger charge is -2.18. The lowest BCUT2D eigenvalue weighted by Crippen LogP contribution is -2.47. The molecule has 2 amide bonds. The van der Waals surface area contributed by atoms with Crippen LogP contribution in [0, 0.1) is 6.92 Å². The van der Waals surface area contributed by atoms with Crippen LogP contribution in [0.15, 0.2) is 36.7 Å². The molecule has 2 rings (SSSR count). The van der Waals surface area contributed by atoms with Gasteiger partial charge in [0.25, 0.3) is 5.91 Å². The van der Waals surface area contributed by atoms with Crippen molar-refractivity contribution < 1.29 is 9.59 Å². The monoisotopic (exact) mass is 408 g/mol. The molecule has 0 aliphatic heterocycles. The second kappa shape index (κ2) is 11.0. The molecular formula is C19H25ClN4O2S. The number of benzene rings is 1. The molecule has 0 radical (unpaired) electrons. The third-order valence-corrected chi connectivity index (χ3v) is 4.95. The van der Waals surface area contributed by atoms with Crippen LogP contribution in [0.3, 0.4) is 0 Å². The molecule has 1 unspecified atom stereocenters. The molecule has 1 heterocycles. The third kappa shape index (κ3) is 6.92. The van der Waals surface area contributed by atoms with E-state index in [9.17, 15) is 9.59 Å². The highest BCUT2D eigenvalue weighted by molar-refractivity contribution is 7.98. The molecule has 2 aromatic rings. The maximum atomic E-state index is 12.5. The quantitative estimate of drug-likeness (QED) is 0.592. The second-order valence-corrected chi connectivity index (χ2v) is 7.61. The highest BCUT2D eigenvalue weighted by Gasteiger charge is 2.21. The number of halogens is 1. The van der Waals surface area contributed by atoms with Gasteiger partial charge in [0.1, 0.15) is 6.04 Å². The lowest BCUT2D eigenvalue weighted by atomic mass is 10.1. The number of aromatic nitrogens is 2. The van der Waals surface area contributed by atoms with Crippen LogP contribution >= 0.6 is 23.4 Å². The molecule has 0 spiro atoms. The van der Waals surface area contributed by atoms with E-state index >= 15 is 0 Å². The first kappa shape index (κ1) is 21.3. The molecule has 146 valence electrons. The fourth-order valence-electron chi connectivity index (χ4n) is 2.55. The van der Waals surface area contributed by atoms with Gasteiger partial charge in [0.15, 0.2) is 0 Å². The standard InChI is InChI=1S/C19H25ClN4O2S/c1-14-12-22-24(13-14)10-5-9-21-19(26)17(8-11-27-2)23-18(25)15-6-3-4-7-16(15)20/h3-4,6-7,12-13,17H,5,8-11H2,1-2H3,(H,21,26)(H,23,25). The fourth-order valence-corrected chi connectivity index (χ4v) is 3.24. The van der Waals surface area contributed by atoms with Crippen LogP contribution in [-0.2, 0) is 11.3 Å². The van der Waals surface area contributed by atoms with Gasteiger partial charge in [-0.15, -0.1) is 0 Å². The molecule has 0 aliphatic carbocycles. The number of aryl methyl sites for hydroxylation is 2. The van der Waals surface area contributed by atoms with Crippen LogP contribution in [0.25, 0.3) is 0 Å². The van der Waals surface area contributed by atoms with Crippen molar-refractivity contribution in [3.63, 3.8) is 0 Å². The molecule has 8 heteroatoms. The molecule has 0 bridgehead atoms. The van der Waals surface area contributed by atoms with Crippen LogP contribution in [-0.4, -0.2) is 46.2 Å². The van der Waals surface area contributed by atoms with E-state index in [4.69, 9.17) is 11.6 Å². The first-order valence-corrected chi connectivity index (χ1v) is 10.6. The van der Waals surface area contributed by atoms with E-state index in [-0.39, 0.29) is 11.8 Å². The Balaban J connectivity index is 1.86. The molecule has 0 saturated heterocycles. The average Bonchev–Trinajstić information content (AvgIpc) is 3.07. The Morgan fingerprint density at radius 3 is 2.78 bits per heavy atom. The normalized spacial score (nSPS) is 11.8. The number of rotatable bonds is 10. The summed E-state index contributed by atoms with van der Waals surface area (Å²) in [6, 6.07) is 6.22. The van der Waals surface area contributed by atoms with Crippen molar-refractivity contribution in [2.75, 3.05) is 18.6 Å². The molecule has 0 fully saturated rings. The van der Waals surface area contributed by atoms with Crippen LogP contribution in [0.5, 0.6) is 0 Å². The summed E-state index contributed by atoms with van der Waals surface area (Å²) in [4.78, 5) is 25.0. The summed E-state index contributed by atoms with van der Waals surface area (Å²) in [5.74, 6) is 0.253. The highest BCUT2D eigenvalue weighted by atomic mass is 35.5. The minimum absolute atomic E-state index is 0.180. The van der Waals surface area contributed by atoms with Crippen molar-refractivity contribution in [1.29, 1.82) is 0 Å². The summed E-state index contributed by atoms with van der Waals surface area (Å²) in [5.41, 5.74) is 1.48. The molecule has 27 heavy (non-hydrogen) atoms. The van der Waals surface area contributed by atoms with Gasteiger partial charge in [-0.3, -0.25) is 14.3 Å². The van der Waals surface area contributed by atoms with E-state index < -0.39 is 6.04 Å². The van der Waals surface area contributed by atoms with Gasteiger partial charge in [-0.2, -0.15) is 16.9 Å². The second-order valence-electron chi connectivity index (χ2n) is 6.21. The predicted molar refractivity (Wildman–Crippen MR) is 110 cm³/mol. The van der Waals surface area contributed by atoms with Gasteiger partial charge in [0, 0.05) is 19.3 Å². The number of hydrogen-bond donors (Lipinski definition) is 2. The zero-order valence-electron chi connectivity index (χ0n) is 15.6. The van der Waals surface area contributed by atoms with E-state index in [1.54, 1.807) is 42.2 Å². The van der Waals surface area contributed by atoms with Gasteiger partial charge in [-0.25, -0.2) is 0 Å². The number of carbonyl (C=O) groups is 2. The Morgan fingerprint density at radius 1 is 1.33 bits per heavy atom. The summed E-state index contributed by atoms with van der Waals surface area (Å²) in [5, 5.41) is 10.3. The fraction of sp³-hybridized carbons (Fsp3) is 0.421. The van der Waals surface area contributed by atoms with Gasteiger partial charge in [-0.1, -0.05) is 23.7 Å². The smallest absolute Gasteiger partial charge is 0.253 e. The maximum absolute atomic E-state index is 12.5. The van der Waals surface area contributed by atoms with E-state index in [0.29, 0.717) is 23.6 Å². The largest absolute Gasteiger partial charge is 0.354 e. The van der Waals surface area contributed by atoms with E-state index in [1.165, 1.54) is 0 Å². The summed E-state index contributed by atoms with van der Waals surface area (Å²) in [6.07, 6.45) is 7.06. The van der Waals surface area contributed by atoms with Crippen LogP contribution < -0.4 is 10.6 Å². The number of thioether (sulfide) groups is 1. The Bertz CT molecular complexity index is 766. The van der Waals surface area contributed by atoms with Gasteiger partial charge in [0.05, 0.1) is 16.8 Å². The molecule has 1 atom stereocenters. The van der Waals surface area contributed by atoms with Gasteiger partial charge < -0.3 is 10.6 Å². The first-order valence-electron chi connectivity index (χ1n) is 8.82. The molecule has 2 N–H and O–H groups in total. The number of nitrogens with zero attached hydrogens (tertiary/aromatic N) is 2. The van der Waals surface area contributed by atoms with Crippen molar-refractivity contribution in [1.82, 2.24) is 20.4 Å². The van der Waals surface area contributed by atoms with E-state index in [2.05, 4.69) is 15.7 Å². The van der Waals surface area contributed by atoms with Crippen molar-refractivity contribution in [2.45, 2.75) is 32.4 Å². The topological polar surface area (TPSA) is 76.0 Å². The minimum Gasteiger partial charge on any atom is -0.354 e. The zero-order chi connectivity index (χ0) is 19.6. The van der Waals surface area contributed by atoms with Crippen molar-refractivity contribution in [2.24, 2.45) is 0 Å². The number of nitrogens with one attached hydrogen (secondary N) is 2. The molecule has 1 aromatic heterocycles. The Hall–Kier alpha value is -1.99. The van der Waals surface area contributed by atoms with Gasteiger partial charge >= 0.3 is 0 Å². The first-order chi connectivity index (χ1) is 13.0.